The first-order valence-corrected chi connectivity index (χ1v) is 6.42. The maximum atomic E-state index is 11.4. The van der Waals surface area contributed by atoms with Crippen molar-refractivity contribution in [2.24, 2.45) is 0 Å². The SMILES string of the molecule is CCC1CNCCN1c1ccc(C(=O)OC)cc1. The Labute approximate surface area is 108 Å². The van der Waals surface area contributed by atoms with Gasteiger partial charge >= 0.3 is 5.97 Å². The smallest absolute Gasteiger partial charge is 0.337 e. The second-order valence-corrected chi connectivity index (χ2v) is 4.50. The van der Waals surface area contributed by atoms with Gasteiger partial charge < -0.3 is 15.0 Å². The number of rotatable bonds is 3. The lowest BCUT2D eigenvalue weighted by Gasteiger charge is -2.37. The predicted octanol–water partition coefficient (Wildman–Crippen LogP) is 1.66. The summed E-state index contributed by atoms with van der Waals surface area (Å²) in [7, 11) is 1.40. The van der Waals surface area contributed by atoms with Crippen LogP contribution in [0.4, 0.5) is 5.69 Å². The summed E-state index contributed by atoms with van der Waals surface area (Å²) < 4.78 is 4.70. The van der Waals surface area contributed by atoms with E-state index in [0.29, 0.717) is 11.6 Å². The third kappa shape index (κ3) is 2.64. The fourth-order valence-corrected chi connectivity index (χ4v) is 2.37. The van der Waals surface area contributed by atoms with Crippen molar-refractivity contribution < 1.29 is 9.53 Å². The van der Waals surface area contributed by atoms with Crippen molar-refractivity contribution in [1.82, 2.24) is 5.32 Å². The number of hydrogen-bond acceptors (Lipinski definition) is 4. The molecule has 1 aliphatic rings. The van der Waals surface area contributed by atoms with E-state index in [1.807, 2.05) is 24.3 Å². The highest BCUT2D eigenvalue weighted by Crippen LogP contribution is 2.20. The summed E-state index contributed by atoms with van der Waals surface area (Å²) in [6, 6.07) is 8.19. The number of benzene rings is 1. The Kier molecular flexibility index (Phi) is 4.20. The van der Waals surface area contributed by atoms with Gasteiger partial charge in [0.15, 0.2) is 0 Å². The lowest BCUT2D eigenvalue weighted by molar-refractivity contribution is 0.0601. The largest absolute Gasteiger partial charge is 0.465 e. The fourth-order valence-electron chi connectivity index (χ4n) is 2.37. The second kappa shape index (κ2) is 5.87. The van der Waals surface area contributed by atoms with Crippen LogP contribution in [0.2, 0.25) is 0 Å². The number of ether oxygens (including phenoxy) is 1. The Balaban J connectivity index is 2.15. The second-order valence-electron chi connectivity index (χ2n) is 4.50. The Hall–Kier alpha value is -1.55. The van der Waals surface area contributed by atoms with E-state index in [9.17, 15) is 4.79 Å². The van der Waals surface area contributed by atoms with Crippen LogP contribution in [0.5, 0.6) is 0 Å². The summed E-state index contributed by atoms with van der Waals surface area (Å²) in [4.78, 5) is 13.8. The monoisotopic (exact) mass is 248 g/mol. The van der Waals surface area contributed by atoms with Crippen molar-refractivity contribution in [3.63, 3.8) is 0 Å². The van der Waals surface area contributed by atoms with Crippen molar-refractivity contribution >= 4 is 11.7 Å². The van der Waals surface area contributed by atoms with Crippen molar-refractivity contribution in [1.29, 1.82) is 0 Å². The average Bonchev–Trinajstić information content (AvgIpc) is 2.46. The molecule has 2 rings (SSSR count). The first-order chi connectivity index (χ1) is 8.76. The highest BCUT2D eigenvalue weighted by Gasteiger charge is 2.20. The zero-order valence-corrected chi connectivity index (χ0v) is 11.0. The van der Waals surface area contributed by atoms with Gasteiger partial charge in [-0.25, -0.2) is 4.79 Å². The average molecular weight is 248 g/mol. The quantitative estimate of drug-likeness (QED) is 0.826. The Morgan fingerprint density at radius 1 is 1.44 bits per heavy atom. The molecule has 0 spiro atoms. The molecule has 1 atom stereocenters. The molecule has 0 radical (unpaired) electrons. The van der Waals surface area contributed by atoms with Crippen LogP contribution in [0, 0.1) is 0 Å². The number of carbonyl (C=O) groups excluding carboxylic acids is 1. The lowest BCUT2D eigenvalue weighted by Crippen LogP contribution is -2.51. The lowest BCUT2D eigenvalue weighted by atomic mass is 10.1. The van der Waals surface area contributed by atoms with Gasteiger partial charge in [0.25, 0.3) is 0 Å². The van der Waals surface area contributed by atoms with Gasteiger partial charge in [0, 0.05) is 31.4 Å². The molecule has 1 fully saturated rings. The number of hydrogen-bond donors (Lipinski definition) is 1. The van der Waals surface area contributed by atoms with Gasteiger partial charge in [0.05, 0.1) is 12.7 Å². The number of nitrogens with one attached hydrogen (secondary N) is 1. The van der Waals surface area contributed by atoms with Crippen LogP contribution in [0.15, 0.2) is 24.3 Å². The van der Waals surface area contributed by atoms with Crippen LogP contribution >= 0.6 is 0 Å². The molecule has 0 bridgehead atoms. The first-order valence-electron chi connectivity index (χ1n) is 6.42. The third-order valence-electron chi connectivity index (χ3n) is 3.44. The summed E-state index contributed by atoms with van der Waals surface area (Å²) in [5.74, 6) is -0.283. The minimum absolute atomic E-state index is 0.283. The van der Waals surface area contributed by atoms with E-state index >= 15 is 0 Å². The molecule has 0 amide bonds. The van der Waals surface area contributed by atoms with Gasteiger partial charge in [-0.3, -0.25) is 0 Å². The zero-order valence-electron chi connectivity index (χ0n) is 11.0. The normalized spacial score (nSPS) is 19.7. The summed E-state index contributed by atoms with van der Waals surface area (Å²) in [5, 5.41) is 3.41. The molecule has 4 heteroatoms. The van der Waals surface area contributed by atoms with Crippen LogP contribution in [0.1, 0.15) is 23.7 Å². The van der Waals surface area contributed by atoms with Gasteiger partial charge in [-0.05, 0) is 30.7 Å². The van der Waals surface area contributed by atoms with E-state index in [1.165, 1.54) is 12.8 Å². The molecule has 1 aromatic carbocycles. The van der Waals surface area contributed by atoms with Crippen LogP contribution < -0.4 is 10.2 Å². The van der Waals surface area contributed by atoms with Crippen LogP contribution in [0.25, 0.3) is 0 Å². The topological polar surface area (TPSA) is 41.6 Å². The fraction of sp³-hybridized carbons (Fsp3) is 0.500. The molecule has 1 heterocycles. The van der Waals surface area contributed by atoms with E-state index in [0.717, 1.165) is 26.1 Å². The number of methoxy groups -OCH3 is 1. The molecule has 1 aliphatic heterocycles. The maximum absolute atomic E-state index is 11.4. The molecule has 4 nitrogen and oxygen atoms in total. The van der Waals surface area contributed by atoms with E-state index in [1.54, 1.807) is 0 Å². The molecular formula is C14H20N2O2. The summed E-state index contributed by atoms with van der Waals surface area (Å²) >= 11 is 0. The van der Waals surface area contributed by atoms with Crippen LogP contribution in [-0.2, 0) is 4.74 Å². The standard InChI is InChI=1S/C14H20N2O2/c1-3-12-10-15-8-9-16(12)13-6-4-11(5-7-13)14(17)18-2/h4-7,12,15H,3,8-10H2,1-2H3. The van der Waals surface area contributed by atoms with E-state index in [4.69, 9.17) is 4.74 Å². The van der Waals surface area contributed by atoms with Gasteiger partial charge in [-0.1, -0.05) is 6.92 Å². The van der Waals surface area contributed by atoms with E-state index in [-0.39, 0.29) is 5.97 Å². The summed E-state index contributed by atoms with van der Waals surface area (Å²) in [6.07, 6.45) is 1.12. The molecule has 1 N–H and O–H groups in total. The van der Waals surface area contributed by atoms with Gasteiger partial charge in [-0.15, -0.1) is 0 Å². The highest BCUT2D eigenvalue weighted by atomic mass is 16.5. The zero-order chi connectivity index (χ0) is 13.0. The number of nitrogens with zero attached hydrogens (tertiary/aromatic N) is 1. The van der Waals surface area contributed by atoms with E-state index < -0.39 is 0 Å². The Morgan fingerprint density at radius 3 is 2.78 bits per heavy atom. The van der Waals surface area contributed by atoms with Gasteiger partial charge in [0.1, 0.15) is 0 Å². The Bertz CT molecular complexity index is 403. The van der Waals surface area contributed by atoms with Gasteiger partial charge in [-0.2, -0.15) is 0 Å². The first kappa shape index (κ1) is 12.9. The molecule has 98 valence electrons. The third-order valence-corrected chi connectivity index (χ3v) is 3.44. The molecule has 0 aliphatic carbocycles. The van der Waals surface area contributed by atoms with Gasteiger partial charge in [0.2, 0.25) is 0 Å². The maximum Gasteiger partial charge on any atom is 0.337 e. The minimum atomic E-state index is -0.283. The molecule has 1 aromatic rings. The highest BCUT2D eigenvalue weighted by molar-refractivity contribution is 5.89. The van der Waals surface area contributed by atoms with Crippen molar-refractivity contribution in [2.75, 3.05) is 31.6 Å². The molecule has 1 unspecified atom stereocenters. The molecule has 0 saturated carbocycles. The number of anilines is 1. The molecular weight excluding hydrogens is 228 g/mol. The number of piperazine rings is 1. The van der Waals surface area contributed by atoms with Crippen molar-refractivity contribution in [2.45, 2.75) is 19.4 Å². The van der Waals surface area contributed by atoms with Crippen molar-refractivity contribution in [3.05, 3.63) is 29.8 Å². The molecule has 18 heavy (non-hydrogen) atoms. The predicted molar refractivity (Wildman–Crippen MR) is 72.1 cm³/mol. The van der Waals surface area contributed by atoms with Crippen LogP contribution in [-0.4, -0.2) is 38.8 Å². The minimum Gasteiger partial charge on any atom is -0.465 e. The molecule has 0 aromatic heterocycles. The number of carbonyl (C=O) groups is 1. The Morgan fingerprint density at radius 2 is 2.17 bits per heavy atom. The summed E-state index contributed by atoms with van der Waals surface area (Å²) in [5.41, 5.74) is 1.78. The summed E-state index contributed by atoms with van der Waals surface area (Å²) in [6.45, 7) is 5.24. The van der Waals surface area contributed by atoms with Crippen molar-refractivity contribution in [3.8, 4) is 0 Å². The van der Waals surface area contributed by atoms with E-state index in [2.05, 4.69) is 17.1 Å². The van der Waals surface area contributed by atoms with Crippen LogP contribution in [0.3, 0.4) is 0 Å². The number of esters is 1. The molecule has 1 saturated heterocycles.